The van der Waals surface area contributed by atoms with E-state index in [4.69, 9.17) is 9.84 Å². The number of cyclic esters (lactones) is 1. The highest BCUT2D eigenvalue weighted by Gasteiger charge is 2.25. The molecule has 1 saturated heterocycles. The van der Waals surface area contributed by atoms with Crippen molar-refractivity contribution in [2.24, 2.45) is 5.92 Å². The molecule has 0 saturated carbocycles. The van der Waals surface area contributed by atoms with Gasteiger partial charge in [0.25, 0.3) is 0 Å². The van der Waals surface area contributed by atoms with Crippen molar-refractivity contribution in [1.82, 2.24) is 9.80 Å². The Hall–Kier alpha value is -0.810. The van der Waals surface area contributed by atoms with E-state index in [9.17, 15) is 4.79 Å². The van der Waals surface area contributed by atoms with Crippen molar-refractivity contribution in [2.45, 2.75) is 6.42 Å². The van der Waals surface area contributed by atoms with Crippen molar-refractivity contribution < 1.29 is 14.6 Å². The van der Waals surface area contributed by atoms with Gasteiger partial charge in [0.05, 0.1) is 13.2 Å². The fourth-order valence-corrected chi connectivity index (χ4v) is 1.59. The van der Waals surface area contributed by atoms with E-state index in [1.54, 1.807) is 4.90 Å². The zero-order chi connectivity index (χ0) is 11.3. The second-order valence-electron chi connectivity index (χ2n) is 4.23. The van der Waals surface area contributed by atoms with E-state index in [2.05, 4.69) is 4.90 Å². The van der Waals surface area contributed by atoms with E-state index in [-0.39, 0.29) is 18.6 Å². The number of aliphatic hydroxyl groups is 1. The van der Waals surface area contributed by atoms with Crippen LogP contribution in [-0.4, -0.2) is 67.9 Å². The highest BCUT2D eigenvalue weighted by atomic mass is 16.6. The van der Waals surface area contributed by atoms with Crippen LogP contribution in [-0.2, 0) is 4.74 Å². The number of rotatable bonds is 5. The van der Waals surface area contributed by atoms with Crippen LogP contribution in [0.2, 0.25) is 0 Å². The van der Waals surface area contributed by atoms with Gasteiger partial charge in [-0.15, -0.1) is 0 Å². The van der Waals surface area contributed by atoms with Crippen molar-refractivity contribution in [3.63, 3.8) is 0 Å². The van der Waals surface area contributed by atoms with Crippen LogP contribution in [0.15, 0.2) is 0 Å². The maximum atomic E-state index is 11.3. The molecule has 0 aromatic carbocycles. The van der Waals surface area contributed by atoms with E-state index in [1.807, 2.05) is 14.1 Å². The van der Waals surface area contributed by atoms with Gasteiger partial charge in [-0.3, -0.25) is 0 Å². The number of carbonyl (C=O) groups excluding carboxylic acids is 1. The normalized spacial score (nSPS) is 22.0. The molecule has 0 aromatic heterocycles. The number of carbonyl (C=O) groups is 1. The summed E-state index contributed by atoms with van der Waals surface area (Å²) in [5.41, 5.74) is 0. The molecule has 15 heavy (non-hydrogen) atoms. The molecule has 5 nitrogen and oxygen atoms in total. The van der Waals surface area contributed by atoms with Crippen LogP contribution < -0.4 is 0 Å². The molecule has 0 bridgehead atoms. The monoisotopic (exact) mass is 216 g/mol. The van der Waals surface area contributed by atoms with Gasteiger partial charge in [-0.1, -0.05) is 0 Å². The van der Waals surface area contributed by atoms with Crippen LogP contribution in [0.1, 0.15) is 6.42 Å². The van der Waals surface area contributed by atoms with Gasteiger partial charge in [-0.2, -0.15) is 0 Å². The first-order valence-corrected chi connectivity index (χ1v) is 5.30. The second-order valence-corrected chi connectivity index (χ2v) is 4.23. The van der Waals surface area contributed by atoms with Gasteiger partial charge < -0.3 is 19.6 Å². The zero-order valence-electron chi connectivity index (χ0n) is 9.48. The lowest BCUT2D eigenvalue weighted by Gasteiger charge is -2.31. The van der Waals surface area contributed by atoms with Gasteiger partial charge in [-0.25, -0.2) is 4.79 Å². The summed E-state index contributed by atoms with van der Waals surface area (Å²) in [6, 6.07) is 0. The summed E-state index contributed by atoms with van der Waals surface area (Å²) in [4.78, 5) is 15.1. The summed E-state index contributed by atoms with van der Waals surface area (Å²) < 4.78 is 4.96. The molecule has 1 rings (SSSR count). The fourth-order valence-electron chi connectivity index (χ4n) is 1.59. The molecule has 0 aromatic rings. The molecule has 1 atom stereocenters. The number of hydrogen-bond acceptors (Lipinski definition) is 4. The highest BCUT2D eigenvalue weighted by molar-refractivity contribution is 5.68. The Kier molecular flexibility index (Phi) is 4.84. The van der Waals surface area contributed by atoms with Crippen LogP contribution in [0.4, 0.5) is 4.79 Å². The van der Waals surface area contributed by atoms with Crippen LogP contribution in [0, 0.1) is 5.92 Å². The second kappa shape index (κ2) is 5.92. The Balaban J connectivity index is 2.28. The largest absolute Gasteiger partial charge is 0.449 e. The van der Waals surface area contributed by atoms with Gasteiger partial charge in [0.1, 0.15) is 0 Å². The number of amides is 1. The molecular formula is C10H20N2O3. The molecule has 0 spiro atoms. The Bertz CT molecular complexity index is 209. The van der Waals surface area contributed by atoms with E-state index in [0.717, 1.165) is 13.0 Å². The molecule has 1 N–H and O–H groups in total. The first-order valence-electron chi connectivity index (χ1n) is 5.30. The summed E-state index contributed by atoms with van der Waals surface area (Å²) in [7, 11) is 4.01. The molecule has 1 aliphatic heterocycles. The molecular weight excluding hydrogens is 196 g/mol. The lowest BCUT2D eigenvalue weighted by molar-refractivity contribution is 0.0240. The maximum absolute atomic E-state index is 11.3. The third-order valence-corrected chi connectivity index (χ3v) is 2.47. The predicted molar refractivity (Wildman–Crippen MR) is 56.7 cm³/mol. The van der Waals surface area contributed by atoms with Crippen LogP contribution in [0.25, 0.3) is 0 Å². The molecule has 1 amide bonds. The minimum atomic E-state index is -0.251. The predicted octanol–water partition coefficient (Wildman–Crippen LogP) is -0.00120. The molecule has 88 valence electrons. The quantitative estimate of drug-likeness (QED) is 0.703. The summed E-state index contributed by atoms with van der Waals surface area (Å²) in [6.45, 7) is 2.70. The fraction of sp³-hybridized carbons (Fsp3) is 0.900. The molecule has 5 heteroatoms. The number of nitrogens with zero attached hydrogens (tertiary/aromatic N) is 2. The maximum Gasteiger partial charge on any atom is 0.409 e. The summed E-state index contributed by atoms with van der Waals surface area (Å²) in [5.74, 6) is 0.0713. The summed E-state index contributed by atoms with van der Waals surface area (Å²) in [5, 5.41) is 8.98. The van der Waals surface area contributed by atoms with Gasteiger partial charge in [0, 0.05) is 19.0 Å². The topological polar surface area (TPSA) is 53.0 Å². The number of ether oxygens (including phenoxy) is 1. The van der Waals surface area contributed by atoms with Crippen molar-refractivity contribution >= 4 is 6.09 Å². The van der Waals surface area contributed by atoms with E-state index >= 15 is 0 Å². The van der Waals surface area contributed by atoms with Crippen molar-refractivity contribution in [1.29, 1.82) is 0 Å². The first-order chi connectivity index (χ1) is 7.13. The average Bonchev–Trinajstić information content (AvgIpc) is 2.20. The SMILES string of the molecule is CN(C)CCCN1CC(CO)COC1=O. The van der Waals surface area contributed by atoms with E-state index < -0.39 is 0 Å². The van der Waals surface area contributed by atoms with E-state index in [0.29, 0.717) is 19.7 Å². The molecule has 1 aliphatic rings. The molecule has 1 fully saturated rings. The minimum Gasteiger partial charge on any atom is -0.449 e. The lowest BCUT2D eigenvalue weighted by Crippen LogP contribution is -2.45. The molecule has 1 heterocycles. The molecule has 1 unspecified atom stereocenters. The Morgan fingerprint density at radius 3 is 2.93 bits per heavy atom. The number of aliphatic hydroxyl groups excluding tert-OH is 1. The zero-order valence-corrected chi connectivity index (χ0v) is 9.48. The summed E-state index contributed by atoms with van der Waals surface area (Å²) in [6.07, 6.45) is 0.679. The van der Waals surface area contributed by atoms with E-state index in [1.165, 1.54) is 0 Å². The third kappa shape index (κ3) is 4.05. The van der Waals surface area contributed by atoms with Crippen molar-refractivity contribution in [2.75, 3.05) is 46.9 Å². The highest BCUT2D eigenvalue weighted by Crippen LogP contribution is 2.11. The van der Waals surface area contributed by atoms with Gasteiger partial charge >= 0.3 is 6.09 Å². The Labute approximate surface area is 90.6 Å². The molecule has 0 radical (unpaired) electrons. The lowest BCUT2D eigenvalue weighted by atomic mass is 10.1. The average molecular weight is 216 g/mol. The minimum absolute atomic E-state index is 0.0713. The van der Waals surface area contributed by atoms with Gasteiger partial charge in [-0.05, 0) is 27.1 Å². The third-order valence-electron chi connectivity index (χ3n) is 2.47. The molecule has 0 aliphatic carbocycles. The van der Waals surface area contributed by atoms with Crippen molar-refractivity contribution in [3.05, 3.63) is 0 Å². The summed E-state index contributed by atoms with van der Waals surface area (Å²) >= 11 is 0. The van der Waals surface area contributed by atoms with Gasteiger partial charge in [0.2, 0.25) is 0 Å². The van der Waals surface area contributed by atoms with Crippen LogP contribution in [0.5, 0.6) is 0 Å². The standard InChI is InChI=1S/C10H20N2O3/c1-11(2)4-3-5-12-6-9(7-13)8-15-10(12)14/h9,13H,3-8H2,1-2H3. The van der Waals surface area contributed by atoms with Crippen LogP contribution in [0.3, 0.4) is 0 Å². The van der Waals surface area contributed by atoms with Crippen molar-refractivity contribution in [3.8, 4) is 0 Å². The van der Waals surface area contributed by atoms with Crippen LogP contribution >= 0.6 is 0 Å². The Morgan fingerprint density at radius 1 is 1.60 bits per heavy atom. The van der Waals surface area contributed by atoms with Gasteiger partial charge in [0.15, 0.2) is 0 Å². The number of hydrogen-bond donors (Lipinski definition) is 1. The Morgan fingerprint density at radius 2 is 2.33 bits per heavy atom. The smallest absolute Gasteiger partial charge is 0.409 e. The first kappa shape index (κ1) is 12.3.